The van der Waals surface area contributed by atoms with E-state index in [-0.39, 0.29) is 0 Å². The second kappa shape index (κ2) is 6.53. The summed E-state index contributed by atoms with van der Waals surface area (Å²) in [6.07, 6.45) is 3.86. The van der Waals surface area contributed by atoms with Crippen molar-refractivity contribution in [3.8, 4) is 0 Å². The van der Waals surface area contributed by atoms with Crippen LogP contribution in [0.5, 0.6) is 0 Å². The summed E-state index contributed by atoms with van der Waals surface area (Å²) < 4.78 is 0. The summed E-state index contributed by atoms with van der Waals surface area (Å²) >= 11 is 6.07. The van der Waals surface area contributed by atoms with Crippen molar-refractivity contribution < 1.29 is 0 Å². The number of benzene rings is 1. The Morgan fingerprint density at radius 2 is 2.18 bits per heavy atom. The van der Waals surface area contributed by atoms with E-state index in [1.54, 1.807) is 0 Å². The zero-order valence-corrected chi connectivity index (χ0v) is 13.8. The Balaban J connectivity index is 1.78. The molecule has 1 N–H and O–H groups in total. The van der Waals surface area contributed by atoms with Crippen LogP contribution in [0.2, 0.25) is 5.02 Å². The van der Waals surface area contributed by atoms with Gasteiger partial charge in [-0.25, -0.2) is 4.98 Å². The largest absolute Gasteiger partial charge is 0.352 e. The Kier molecular flexibility index (Phi) is 4.48. The second-order valence-electron chi connectivity index (χ2n) is 5.78. The third-order valence-electron chi connectivity index (χ3n) is 4.13. The fourth-order valence-corrected chi connectivity index (χ4v) is 2.83. The van der Waals surface area contributed by atoms with Crippen molar-refractivity contribution in [1.82, 2.24) is 9.97 Å². The van der Waals surface area contributed by atoms with Gasteiger partial charge in [-0.05, 0) is 49.1 Å². The lowest BCUT2D eigenvalue weighted by Gasteiger charge is -2.30. The predicted molar refractivity (Wildman–Crippen MR) is 91.6 cm³/mol. The van der Waals surface area contributed by atoms with Crippen LogP contribution in [0.15, 0.2) is 30.5 Å². The summed E-state index contributed by atoms with van der Waals surface area (Å²) in [5, 5.41) is 4.15. The Bertz CT molecular complexity index is 659. The highest BCUT2D eigenvalue weighted by atomic mass is 35.5. The maximum absolute atomic E-state index is 6.07. The van der Waals surface area contributed by atoms with Crippen LogP contribution >= 0.6 is 11.6 Å². The standard InChI is InChI=1S/C17H21ClN4/c1-3-12(2)20-17-19-8-6-16(21-17)22-9-7-13-10-15(18)5-4-14(13)11-22/h4-6,8,10,12H,3,7,9,11H2,1-2H3,(H,19,20,21)/t12-/m1/s1. The zero-order valence-electron chi connectivity index (χ0n) is 13.0. The molecule has 0 bridgehead atoms. The number of hydrogen-bond donors (Lipinski definition) is 1. The molecule has 0 radical (unpaired) electrons. The van der Waals surface area contributed by atoms with Crippen molar-refractivity contribution in [1.29, 1.82) is 0 Å². The number of nitrogens with zero attached hydrogens (tertiary/aromatic N) is 3. The molecule has 22 heavy (non-hydrogen) atoms. The molecule has 1 aliphatic rings. The Hall–Kier alpha value is -1.81. The second-order valence-corrected chi connectivity index (χ2v) is 6.21. The van der Waals surface area contributed by atoms with E-state index in [0.717, 1.165) is 36.8 Å². The van der Waals surface area contributed by atoms with E-state index in [9.17, 15) is 0 Å². The van der Waals surface area contributed by atoms with Crippen molar-refractivity contribution in [3.63, 3.8) is 0 Å². The summed E-state index contributed by atoms with van der Waals surface area (Å²) in [7, 11) is 0. The summed E-state index contributed by atoms with van der Waals surface area (Å²) in [6.45, 7) is 6.10. The molecular weight excluding hydrogens is 296 g/mol. The molecule has 2 heterocycles. The molecule has 5 heteroatoms. The molecular formula is C17H21ClN4. The lowest BCUT2D eigenvalue weighted by atomic mass is 10.00. The first kappa shape index (κ1) is 15.1. The summed E-state index contributed by atoms with van der Waals surface area (Å²) in [6, 6.07) is 8.50. The highest BCUT2D eigenvalue weighted by Crippen LogP contribution is 2.25. The molecule has 116 valence electrons. The van der Waals surface area contributed by atoms with Crippen LogP contribution in [0.4, 0.5) is 11.8 Å². The van der Waals surface area contributed by atoms with E-state index in [1.165, 1.54) is 11.1 Å². The molecule has 0 spiro atoms. The third kappa shape index (κ3) is 3.33. The summed E-state index contributed by atoms with van der Waals surface area (Å²) in [5.74, 6) is 1.68. The number of aromatic nitrogens is 2. The maximum Gasteiger partial charge on any atom is 0.224 e. The van der Waals surface area contributed by atoms with Crippen LogP contribution in [0.3, 0.4) is 0 Å². The van der Waals surface area contributed by atoms with Crippen LogP contribution in [0.1, 0.15) is 31.4 Å². The molecule has 1 aromatic carbocycles. The van der Waals surface area contributed by atoms with Gasteiger partial charge in [0.2, 0.25) is 5.95 Å². The van der Waals surface area contributed by atoms with Gasteiger partial charge in [0.25, 0.3) is 0 Å². The highest BCUT2D eigenvalue weighted by Gasteiger charge is 2.18. The van der Waals surface area contributed by atoms with Gasteiger partial charge in [-0.1, -0.05) is 24.6 Å². The van der Waals surface area contributed by atoms with E-state index in [1.807, 2.05) is 18.3 Å². The maximum atomic E-state index is 6.07. The summed E-state index contributed by atoms with van der Waals surface area (Å²) in [5.41, 5.74) is 2.67. The van der Waals surface area contributed by atoms with Gasteiger partial charge in [-0.2, -0.15) is 4.98 Å². The first-order chi connectivity index (χ1) is 10.7. The number of anilines is 2. The van der Waals surface area contributed by atoms with Gasteiger partial charge >= 0.3 is 0 Å². The molecule has 0 saturated carbocycles. The third-order valence-corrected chi connectivity index (χ3v) is 4.37. The zero-order chi connectivity index (χ0) is 15.5. The van der Waals surface area contributed by atoms with Crippen molar-refractivity contribution in [2.75, 3.05) is 16.8 Å². The smallest absolute Gasteiger partial charge is 0.224 e. The number of rotatable bonds is 4. The molecule has 0 fully saturated rings. The topological polar surface area (TPSA) is 41.1 Å². The van der Waals surface area contributed by atoms with Crippen LogP contribution in [-0.4, -0.2) is 22.6 Å². The Morgan fingerprint density at radius 3 is 3.00 bits per heavy atom. The van der Waals surface area contributed by atoms with Crippen molar-refractivity contribution >= 4 is 23.4 Å². The lowest BCUT2D eigenvalue weighted by molar-refractivity contribution is 0.715. The van der Waals surface area contributed by atoms with Crippen LogP contribution in [0.25, 0.3) is 0 Å². The van der Waals surface area contributed by atoms with Crippen molar-refractivity contribution in [2.45, 2.75) is 39.3 Å². The highest BCUT2D eigenvalue weighted by molar-refractivity contribution is 6.30. The monoisotopic (exact) mass is 316 g/mol. The van der Waals surface area contributed by atoms with Gasteiger partial charge < -0.3 is 10.2 Å². The van der Waals surface area contributed by atoms with Gasteiger partial charge in [0.1, 0.15) is 5.82 Å². The lowest BCUT2D eigenvalue weighted by Crippen LogP contribution is -2.31. The average molecular weight is 317 g/mol. The predicted octanol–water partition coefficient (Wildman–Crippen LogP) is 3.90. The first-order valence-electron chi connectivity index (χ1n) is 7.77. The fourth-order valence-electron chi connectivity index (χ4n) is 2.63. The molecule has 3 rings (SSSR count). The minimum Gasteiger partial charge on any atom is -0.352 e. The number of fused-ring (bicyclic) bond motifs is 1. The van der Waals surface area contributed by atoms with Crippen LogP contribution < -0.4 is 10.2 Å². The Morgan fingerprint density at radius 1 is 1.32 bits per heavy atom. The molecule has 1 atom stereocenters. The van der Waals surface area contributed by atoms with Crippen LogP contribution in [-0.2, 0) is 13.0 Å². The minimum absolute atomic E-state index is 0.375. The van der Waals surface area contributed by atoms with Gasteiger partial charge in [0.05, 0.1) is 0 Å². The molecule has 2 aromatic rings. The van der Waals surface area contributed by atoms with E-state index < -0.39 is 0 Å². The SMILES string of the molecule is CC[C@@H](C)Nc1nccc(N2CCc3cc(Cl)ccc3C2)n1. The average Bonchev–Trinajstić information content (AvgIpc) is 2.54. The van der Waals surface area contributed by atoms with Gasteiger partial charge in [-0.15, -0.1) is 0 Å². The van der Waals surface area contributed by atoms with Crippen LogP contribution in [0, 0.1) is 0 Å². The normalized spacial score (nSPS) is 15.3. The number of hydrogen-bond acceptors (Lipinski definition) is 4. The molecule has 4 nitrogen and oxygen atoms in total. The van der Waals surface area contributed by atoms with E-state index in [0.29, 0.717) is 12.0 Å². The first-order valence-corrected chi connectivity index (χ1v) is 8.15. The van der Waals surface area contributed by atoms with E-state index in [4.69, 9.17) is 11.6 Å². The molecule has 0 saturated heterocycles. The quantitative estimate of drug-likeness (QED) is 0.928. The van der Waals surface area contributed by atoms with Gasteiger partial charge in [0, 0.05) is 30.4 Å². The summed E-state index contributed by atoms with van der Waals surface area (Å²) in [4.78, 5) is 11.3. The Labute approximate surface area is 136 Å². The van der Waals surface area contributed by atoms with E-state index in [2.05, 4.69) is 46.2 Å². The van der Waals surface area contributed by atoms with Crippen molar-refractivity contribution in [3.05, 3.63) is 46.6 Å². The molecule has 1 aromatic heterocycles. The van der Waals surface area contributed by atoms with Gasteiger partial charge in [0.15, 0.2) is 0 Å². The molecule has 0 unspecified atom stereocenters. The minimum atomic E-state index is 0.375. The fraction of sp³-hybridized carbons (Fsp3) is 0.412. The number of nitrogens with one attached hydrogen (secondary N) is 1. The molecule has 0 amide bonds. The number of halogens is 1. The molecule has 0 aliphatic carbocycles. The molecule has 1 aliphatic heterocycles. The van der Waals surface area contributed by atoms with E-state index >= 15 is 0 Å². The van der Waals surface area contributed by atoms with Gasteiger partial charge in [-0.3, -0.25) is 0 Å². The van der Waals surface area contributed by atoms with Crippen molar-refractivity contribution in [2.24, 2.45) is 0 Å².